The van der Waals surface area contributed by atoms with Gasteiger partial charge >= 0.3 is 185 Å². The Labute approximate surface area is 184 Å². The zero-order valence-electron chi connectivity index (χ0n) is 16.3. The summed E-state index contributed by atoms with van der Waals surface area (Å²) in [6, 6.07) is 31.1. The van der Waals surface area contributed by atoms with Crippen LogP contribution < -0.4 is 15.9 Å². The van der Waals surface area contributed by atoms with Gasteiger partial charge in [-0.1, -0.05) is 0 Å². The van der Waals surface area contributed by atoms with Gasteiger partial charge in [0.25, 0.3) is 0 Å². The minimum absolute atomic E-state index is 0.179. The number of hydrogen-bond donors (Lipinski definition) is 0. The Bertz CT molecular complexity index is 851. The van der Waals surface area contributed by atoms with Crippen molar-refractivity contribution in [2.75, 3.05) is 0 Å². The first-order valence-electron chi connectivity index (χ1n) is 9.29. The molecule has 0 radical (unpaired) electrons. The average molecular weight is 520 g/mol. The van der Waals surface area contributed by atoms with E-state index in [1.54, 1.807) is 0 Å². The van der Waals surface area contributed by atoms with Crippen LogP contribution in [0.15, 0.2) is 91.0 Å². The van der Waals surface area contributed by atoms with Crippen molar-refractivity contribution < 1.29 is 4.79 Å². The third-order valence-corrected chi connectivity index (χ3v) is 19.6. The average Bonchev–Trinajstić information content (AvgIpc) is 2.73. The Morgan fingerprint density at radius 2 is 1.00 bits per heavy atom. The van der Waals surface area contributed by atoms with Crippen LogP contribution in [0.4, 0.5) is 0 Å². The van der Waals surface area contributed by atoms with Gasteiger partial charge in [-0.15, -0.1) is 0 Å². The van der Waals surface area contributed by atoms with Crippen molar-refractivity contribution in [2.45, 2.75) is 25.3 Å². The fourth-order valence-electron chi connectivity index (χ4n) is 3.58. The van der Waals surface area contributed by atoms with E-state index in [0.29, 0.717) is 0 Å². The molecule has 1 atom stereocenters. The molecule has 1 nitrogen and oxygen atoms in total. The number of carbonyl (C=O) groups excluding carboxylic acids is 1. The monoisotopic (exact) mass is 518 g/mol. The second-order valence-electron chi connectivity index (χ2n) is 8.03. The van der Waals surface area contributed by atoms with E-state index in [4.69, 9.17) is 0 Å². The SMILES string of the molecule is CC(C)(C)C(=O)C(Br)P(Br)(c1ccccc1)(c1ccccc1)c1ccccc1. The van der Waals surface area contributed by atoms with E-state index in [1.807, 2.05) is 75.4 Å². The van der Waals surface area contributed by atoms with Crippen molar-refractivity contribution in [2.24, 2.45) is 5.41 Å². The molecule has 3 aromatic rings. The Kier molecular flexibility index (Phi) is 6.01. The number of alkyl halides is 1. The zero-order valence-corrected chi connectivity index (χ0v) is 20.4. The molecule has 0 bridgehead atoms. The molecule has 28 heavy (non-hydrogen) atoms. The third kappa shape index (κ3) is 3.32. The maximum absolute atomic E-state index is 13.7. The summed E-state index contributed by atoms with van der Waals surface area (Å²) in [5, 5.41) is 0.0491. The molecule has 0 spiro atoms. The van der Waals surface area contributed by atoms with Gasteiger partial charge in [-0.2, -0.15) is 0 Å². The van der Waals surface area contributed by atoms with E-state index >= 15 is 0 Å². The standard InChI is InChI=1S/C24H25Br2OP/c1-24(2,3)22(27)23(25)28(26,19-13-7-4-8-14-19,20-15-9-5-10-16-20)21-17-11-6-12-18-21/h4-18,23H,1-3H3. The van der Waals surface area contributed by atoms with Crippen LogP contribution in [0.25, 0.3) is 0 Å². The molecule has 0 N–H and O–H groups in total. The van der Waals surface area contributed by atoms with Crippen LogP contribution in [-0.2, 0) is 4.79 Å². The van der Waals surface area contributed by atoms with Crippen LogP contribution in [0.3, 0.4) is 0 Å². The van der Waals surface area contributed by atoms with Gasteiger partial charge < -0.3 is 0 Å². The van der Waals surface area contributed by atoms with E-state index < -0.39 is 15.3 Å². The van der Waals surface area contributed by atoms with Crippen LogP contribution in [0.5, 0.6) is 0 Å². The van der Waals surface area contributed by atoms with Crippen molar-refractivity contribution in [1.82, 2.24) is 0 Å². The molecule has 0 heterocycles. The van der Waals surface area contributed by atoms with E-state index in [9.17, 15) is 4.79 Å². The molecule has 1 unspecified atom stereocenters. The third-order valence-electron chi connectivity index (χ3n) is 5.16. The molecule has 0 aromatic heterocycles. The van der Waals surface area contributed by atoms with Crippen LogP contribution in [-0.4, -0.2) is 10.4 Å². The molecule has 0 saturated carbocycles. The fourth-order valence-corrected chi connectivity index (χ4v) is 13.8. The summed E-state index contributed by atoms with van der Waals surface area (Å²) in [6.07, 6.45) is 0. The summed E-state index contributed by atoms with van der Waals surface area (Å²) < 4.78 is -0.411. The summed E-state index contributed by atoms with van der Waals surface area (Å²) in [5.41, 5.74) is -0.483. The van der Waals surface area contributed by atoms with Gasteiger partial charge in [-0.05, 0) is 0 Å². The molecule has 0 fully saturated rings. The first-order chi connectivity index (χ1) is 13.2. The van der Waals surface area contributed by atoms with E-state index in [-0.39, 0.29) is 5.78 Å². The normalized spacial score (nSPS) is 14.7. The number of rotatable bonds is 5. The van der Waals surface area contributed by atoms with E-state index in [0.717, 1.165) is 15.9 Å². The van der Waals surface area contributed by atoms with Crippen LogP contribution in [0.2, 0.25) is 0 Å². The van der Waals surface area contributed by atoms with E-state index in [2.05, 4.69) is 67.8 Å². The van der Waals surface area contributed by atoms with Crippen molar-refractivity contribution in [3.8, 4) is 0 Å². The number of halogens is 2. The predicted octanol–water partition coefficient (Wildman–Crippen LogP) is 6.16. The quantitative estimate of drug-likeness (QED) is 0.291. The molecule has 0 amide bonds. The van der Waals surface area contributed by atoms with Gasteiger partial charge in [0.2, 0.25) is 0 Å². The van der Waals surface area contributed by atoms with Gasteiger partial charge in [0, 0.05) is 0 Å². The van der Waals surface area contributed by atoms with Crippen LogP contribution in [0, 0.1) is 5.41 Å². The molecule has 3 rings (SSSR count). The summed E-state index contributed by atoms with van der Waals surface area (Å²) >= 11 is 8.27. The first kappa shape index (κ1) is 21.4. The Hall–Kier alpha value is -1.28. The predicted molar refractivity (Wildman–Crippen MR) is 131 cm³/mol. The summed E-state index contributed by atoms with van der Waals surface area (Å²) in [6.45, 7) is 5.95. The van der Waals surface area contributed by atoms with Crippen molar-refractivity contribution in [1.29, 1.82) is 0 Å². The molecule has 0 saturated heterocycles. The first-order valence-corrected chi connectivity index (χ1v) is 14.5. The summed E-state index contributed by atoms with van der Waals surface area (Å²) in [5.74, 6) is 0.179. The number of benzene rings is 3. The van der Waals surface area contributed by atoms with Crippen molar-refractivity contribution >= 4 is 58.4 Å². The molecular formula is C24H25Br2OP. The Morgan fingerprint density at radius 1 is 0.714 bits per heavy atom. The van der Waals surface area contributed by atoms with Crippen LogP contribution in [0.1, 0.15) is 20.8 Å². The summed E-state index contributed by atoms with van der Waals surface area (Å²) in [7, 11) is 0. The number of ketones is 1. The molecule has 0 aliphatic carbocycles. The van der Waals surface area contributed by atoms with Crippen molar-refractivity contribution in [3.63, 3.8) is 0 Å². The number of carbonyl (C=O) groups is 1. The fraction of sp³-hybridized carbons (Fsp3) is 0.208. The number of Topliss-reactive ketones (excluding diaryl/α,β-unsaturated/α-hetero) is 1. The second kappa shape index (κ2) is 7.86. The minimum atomic E-state index is -3.34. The maximum atomic E-state index is 13.7. The zero-order chi connectivity index (χ0) is 20.4. The van der Waals surface area contributed by atoms with Crippen molar-refractivity contribution in [3.05, 3.63) is 91.0 Å². The van der Waals surface area contributed by atoms with Gasteiger partial charge in [0.05, 0.1) is 0 Å². The Balaban J connectivity index is 2.50. The second-order valence-corrected chi connectivity index (χ2v) is 18.3. The van der Waals surface area contributed by atoms with Gasteiger partial charge in [-0.3, -0.25) is 0 Å². The molecule has 4 heteroatoms. The molecule has 3 aromatic carbocycles. The molecule has 0 aliphatic heterocycles. The molecular weight excluding hydrogens is 495 g/mol. The molecule has 0 aliphatic rings. The Morgan fingerprint density at radius 3 is 1.25 bits per heavy atom. The topological polar surface area (TPSA) is 17.1 Å². The van der Waals surface area contributed by atoms with Gasteiger partial charge in [0.1, 0.15) is 0 Å². The van der Waals surface area contributed by atoms with Gasteiger partial charge in [0.15, 0.2) is 0 Å². The molecule has 146 valence electrons. The van der Waals surface area contributed by atoms with E-state index in [1.165, 1.54) is 0 Å². The summed E-state index contributed by atoms with van der Waals surface area (Å²) in [4.78, 5) is 13.7. The van der Waals surface area contributed by atoms with Crippen LogP contribution >= 0.6 is 36.7 Å². The number of hydrogen-bond acceptors (Lipinski definition) is 1. The van der Waals surface area contributed by atoms with Gasteiger partial charge in [-0.25, -0.2) is 0 Å².